The summed E-state index contributed by atoms with van der Waals surface area (Å²) in [6.07, 6.45) is 1.88. The Morgan fingerprint density at radius 1 is 1.21 bits per heavy atom. The van der Waals surface area contributed by atoms with Crippen molar-refractivity contribution in [1.82, 2.24) is 14.3 Å². The van der Waals surface area contributed by atoms with Gasteiger partial charge in [0.05, 0.1) is 16.9 Å². The third-order valence-electron chi connectivity index (χ3n) is 6.05. The number of fused-ring (bicyclic) bond motifs is 1. The molecule has 2 N–H and O–H groups in total. The fourth-order valence-electron chi connectivity index (χ4n) is 3.96. The smallest absolute Gasteiger partial charge is 0.255 e. The largest absolute Gasteiger partial charge is 0.396 e. The van der Waals surface area contributed by atoms with Gasteiger partial charge in [-0.2, -0.15) is 0 Å². The Kier molecular flexibility index (Phi) is 5.04. The molecule has 29 heavy (non-hydrogen) atoms. The van der Waals surface area contributed by atoms with Crippen LogP contribution in [-0.4, -0.2) is 45.0 Å². The number of pyridine rings is 1. The van der Waals surface area contributed by atoms with Crippen molar-refractivity contribution in [1.29, 1.82) is 0 Å². The number of anilines is 1. The van der Waals surface area contributed by atoms with E-state index in [0.29, 0.717) is 25.2 Å². The number of likely N-dealkylation sites (tertiary alicyclic amines) is 1. The molecule has 1 aromatic carbocycles. The van der Waals surface area contributed by atoms with Crippen LogP contribution in [0.5, 0.6) is 0 Å². The molecule has 0 radical (unpaired) electrons. The Hall–Kier alpha value is -2.86. The molecule has 6 heteroatoms. The maximum absolute atomic E-state index is 13.0. The third kappa shape index (κ3) is 3.49. The van der Waals surface area contributed by atoms with E-state index in [2.05, 4.69) is 37.4 Å². The first-order valence-electron chi connectivity index (χ1n) is 10.1. The van der Waals surface area contributed by atoms with Gasteiger partial charge >= 0.3 is 0 Å². The summed E-state index contributed by atoms with van der Waals surface area (Å²) >= 11 is 0. The first-order chi connectivity index (χ1) is 13.9. The zero-order chi connectivity index (χ0) is 20.7. The van der Waals surface area contributed by atoms with Gasteiger partial charge in [0, 0.05) is 44.0 Å². The summed E-state index contributed by atoms with van der Waals surface area (Å²) in [4.78, 5) is 19.5. The summed E-state index contributed by atoms with van der Waals surface area (Å²) in [7, 11) is 0. The lowest BCUT2D eigenvalue weighted by Gasteiger charge is -2.38. The third-order valence-corrected chi connectivity index (χ3v) is 6.05. The van der Waals surface area contributed by atoms with Gasteiger partial charge in [0.15, 0.2) is 5.65 Å². The molecule has 4 rings (SSSR count). The topological polar surface area (TPSA) is 69.9 Å². The predicted octanol–water partition coefficient (Wildman–Crippen LogP) is 3.24. The fraction of sp³-hybridized carbons (Fsp3) is 0.391. The summed E-state index contributed by atoms with van der Waals surface area (Å²) < 4.78 is 2.00. The number of imidazole rings is 1. The van der Waals surface area contributed by atoms with Crippen molar-refractivity contribution >= 4 is 17.2 Å². The average Bonchev–Trinajstić information content (AvgIpc) is 2.95. The monoisotopic (exact) mass is 392 g/mol. The summed E-state index contributed by atoms with van der Waals surface area (Å²) in [6, 6.07) is 8.21. The lowest BCUT2D eigenvalue weighted by atomic mass is 10.00. The highest BCUT2D eigenvalue weighted by atomic mass is 16.3. The number of carbonyl (C=O) groups excluding carboxylic acids is 1. The quantitative estimate of drug-likeness (QED) is 0.699. The fourth-order valence-corrected chi connectivity index (χ4v) is 3.96. The Morgan fingerprint density at radius 3 is 2.55 bits per heavy atom. The predicted molar refractivity (Wildman–Crippen MR) is 114 cm³/mol. The second-order valence-corrected chi connectivity index (χ2v) is 8.10. The summed E-state index contributed by atoms with van der Waals surface area (Å²) in [5.74, 6) is 0.194. The number of hydrogen-bond acceptors (Lipinski definition) is 4. The Morgan fingerprint density at radius 2 is 1.90 bits per heavy atom. The van der Waals surface area contributed by atoms with E-state index in [-0.39, 0.29) is 18.4 Å². The van der Waals surface area contributed by atoms with Crippen molar-refractivity contribution in [3.05, 3.63) is 64.1 Å². The summed E-state index contributed by atoms with van der Waals surface area (Å²) in [6.45, 7) is 10.3. The molecule has 0 unspecified atom stereocenters. The van der Waals surface area contributed by atoms with Crippen LogP contribution in [0.25, 0.3) is 5.65 Å². The van der Waals surface area contributed by atoms with Gasteiger partial charge in [-0.05, 0) is 50.5 Å². The molecule has 0 spiro atoms. The van der Waals surface area contributed by atoms with Gasteiger partial charge in [-0.25, -0.2) is 4.98 Å². The highest BCUT2D eigenvalue weighted by Gasteiger charge is 2.31. The minimum absolute atomic E-state index is 0.00234. The number of benzene rings is 1. The van der Waals surface area contributed by atoms with E-state index < -0.39 is 0 Å². The number of aromatic nitrogens is 2. The second kappa shape index (κ2) is 7.52. The molecule has 1 saturated heterocycles. The normalized spacial score (nSPS) is 14.3. The zero-order valence-corrected chi connectivity index (χ0v) is 17.5. The first kappa shape index (κ1) is 19.5. The highest BCUT2D eigenvalue weighted by Crippen LogP contribution is 2.26. The number of aryl methyl sites for hydroxylation is 4. The van der Waals surface area contributed by atoms with E-state index in [0.717, 1.165) is 22.7 Å². The van der Waals surface area contributed by atoms with Crippen LogP contribution in [0.3, 0.4) is 0 Å². The average molecular weight is 393 g/mol. The van der Waals surface area contributed by atoms with E-state index in [9.17, 15) is 9.90 Å². The number of hydrogen-bond donors (Lipinski definition) is 2. The number of amides is 1. The molecular weight excluding hydrogens is 364 g/mol. The highest BCUT2D eigenvalue weighted by molar-refractivity contribution is 5.96. The molecule has 1 fully saturated rings. The number of aliphatic hydroxyl groups is 1. The molecule has 1 aliphatic heterocycles. The molecule has 1 amide bonds. The lowest BCUT2D eigenvalue weighted by molar-refractivity contribution is 0.0361. The number of nitrogens with zero attached hydrogens (tertiary/aromatic N) is 3. The Labute approximate surface area is 171 Å². The van der Waals surface area contributed by atoms with E-state index in [4.69, 9.17) is 4.98 Å². The van der Waals surface area contributed by atoms with Gasteiger partial charge in [-0.1, -0.05) is 18.2 Å². The molecule has 1 aliphatic rings. The van der Waals surface area contributed by atoms with Gasteiger partial charge in [0.1, 0.15) is 0 Å². The SMILES string of the molecule is Cc1cccc(C)c1CNc1cc(C(=O)N2CC(CO)C2)cn2c(C)c(C)nc12. The van der Waals surface area contributed by atoms with Crippen LogP contribution in [-0.2, 0) is 6.54 Å². The van der Waals surface area contributed by atoms with Crippen molar-refractivity contribution < 1.29 is 9.90 Å². The first-order valence-corrected chi connectivity index (χ1v) is 10.1. The van der Waals surface area contributed by atoms with Crippen LogP contribution < -0.4 is 5.32 Å². The van der Waals surface area contributed by atoms with Crippen molar-refractivity contribution in [3.63, 3.8) is 0 Å². The minimum atomic E-state index is -0.00234. The van der Waals surface area contributed by atoms with Crippen LogP contribution >= 0.6 is 0 Å². The second-order valence-electron chi connectivity index (χ2n) is 8.10. The van der Waals surface area contributed by atoms with E-state index in [1.807, 2.05) is 30.5 Å². The van der Waals surface area contributed by atoms with Gasteiger partial charge < -0.3 is 19.7 Å². The van der Waals surface area contributed by atoms with Crippen molar-refractivity contribution in [2.45, 2.75) is 34.2 Å². The van der Waals surface area contributed by atoms with Crippen molar-refractivity contribution in [2.24, 2.45) is 5.92 Å². The summed E-state index contributed by atoms with van der Waals surface area (Å²) in [5.41, 5.74) is 8.05. The van der Waals surface area contributed by atoms with Gasteiger partial charge in [0.2, 0.25) is 0 Å². The molecule has 152 valence electrons. The van der Waals surface area contributed by atoms with Crippen LogP contribution in [0, 0.1) is 33.6 Å². The number of carbonyl (C=O) groups is 1. The van der Waals surface area contributed by atoms with E-state index >= 15 is 0 Å². The van der Waals surface area contributed by atoms with Crippen LogP contribution in [0.15, 0.2) is 30.5 Å². The molecule has 0 aliphatic carbocycles. The number of aliphatic hydroxyl groups excluding tert-OH is 1. The lowest BCUT2D eigenvalue weighted by Crippen LogP contribution is -2.51. The molecule has 3 heterocycles. The van der Waals surface area contributed by atoms with Crippen LogP contribution in [0.4, 0.5) is 5.69 Å². The van der Waals surface area contributed by atoms with E-state index in [1.165, 1.54) is 16.7 Å². The number of nitrogens with one attached hydrogen (secondary N) is 1. The summed E-state index contributed by atoms with van der Waals surface area (Å²) in [5, 5.41) is 12.8. The van der Waals surface area contributed by atoms with Gasteiger partial charge in [0.25, 0.3) is 5.91 Å². The zero-order valence-electron chi connectivity index (χ0n) is 17.5. The van der Waals surface area contributed by atoms with Crippen molar-refractivity contribution in [3.8, 4) is 0 Å². The molecule has 2 aromatic heterocycles. The standard InChI is InChI=1S/C23H28N4O2/c1-14-6-5-7-15(2)20(14)9-24-21-8-19(23(29)26-10-18(11-26)13-28)12-27-17(4)16(3)25-22(21)27/h5-8,12,18,24,28H,9-11,13H2,1-4H3. The van der Waals surface area contributed by atoms with Crippen LogP contribution in [0.1, 0.15) is 38.4 Å². The van der Waals surface area contributed by atoms with Gasteiger partial charge in [-0.15, -0.1) is 0 Å². The Balaban J connectivity index is 1.68. The molecule has 0 atom stereocenters. The Bertz CT molecular complexity index is 1060. The molecular formula is C23H28N4O2. The maximum atomic E-state index is 13.0. The number of rotatable bonds is 5. The maximum Gasteiger partial charge on any atom is 0.255 e. The van der Waals surface area contributed by atoms with E-state index in [1.54, 1.807) is 4.90 Å². The molecule has 0 bridgehead atoms. The molecule has 6 nitrogen and oxygen atoms in total. The molecule has 3 aromatic rings. The van der Waals surface area contributed by atoms with Crippen LogP contribution in [0.2, 0.25) is 0 Å². The van der Waals surface area contributed by atoms with Gasteiger partial charge in [-0.3, -0.25) is 4.79 Å². The minimum Gasteiger partial charge on any atom is -0.396 e. The molecule has 0 saturated carbocycles. The van der Waals surface area contributed by atoms with Crippen molar-refractivity contribution in [2.75, 3.05) is 25.0 Å².